The molecule has 0 saturated carbocycles. The highest BCUT2D eigenvalue weighted by Crippen LogP contribution is 2.39. The minimum absolute atomic E-state index is 0.0363. The molecule has 0 fully saturated rings. The number of carbonyl (C=O) groups excluding carboxylic acids is 1. The van der Waals surface area contributed by atoms with Crippen LogP contribution in [0, 0.1) is 18.3 Å². The van der Waals surface area contributed by atoms with Crippen LogP contribution in [0.4, 0.5) is 5.69 Å². The third kappa shape index (κ3) is 3.63. The average molecular weight is 473 g/mol. The first-order valence-corrected chi connectivity index (χ1v) is 10.9. The summed E-state index contributed by atoms with van der Waals surface area (Å²) in [5.74, 6) is 0.133. The Morgan fingerprint density at radius 2 is 1.91 bits per heavy atom. The highest BCUT2D eigenvalue weighted by Gasteiger charge is 2.34. The number of amides is 1. The molecule has 1 aliphatic heterocycles. The van der Waals surface area contributed by atoms with Crippen molar-refractivity contribution in [3.63, 3.8) is 0 Å². The Kier molecular flexibility index (Phi) is 5.33. The third-order valence-corrected chi connectivity index (χ3v) is 6.31. The van der Waals surface area contributed by atoms with Gasteiger partial charge in [0.2, 0.25) is 0 Å². The molecule has 4 aromatic rings. The molecule has 0 bridgehead atoms. The summed E-state index contributed by atoms with van der Waals surface area (Å²) in [5.41, 5.74) is 4.10. The van der Waals surface area contributed by atoms with E-state index in [1.165, 1.54) is 0 Å². The zero-order valence-corrected chi connectivity index (χ0v) is 19.1. The molecule has 0 spiro atoms. The molecule has 1 amide bonds. The second kappa shape index (κ2) is 8.32. The summed E-state index contributed by atoms with van der Waals surface area (Å²) < 4.78 is 5.63. The molecule has 1 aromatic heterocycles. The highest BCUT2D eigenvalue weighted by atomic mass is 35.5. The highest BCUT2D eigenvalue weighted by molar-refractivity contribution is 7.84. The minimum Gasteiger partial charge on any atom is -0.355 e. The first kappa shape index (κ1) is 21.1. The summed E-state index contributed by atoms with van der Waals surface area (Å²) in [7, 11) is 0. The van der Waals surface area contributed by atoms with Gasteiger partial charge in [-0.1, -0.05) is 41.0 Å². The monoisotopic (exact) mass is 472 g/mol. The molecule has 33 heavy (non-hydrogen) atoms. The maximum absolute atomic E-state index is 12.7. The molecule has 2 heterocycles. The van der Waals surface area contributed by atoms with Crippen molar-refractivity contribution in [2.75, 3.05) is 4.90 Å². The summed E-state index contributed by atoms with van der Waals surface area (Å²) in [5, 5.41) is 18.4. The number of nitriles is 1. The number of thiol groups is 1. The fraction of sp³-hybridized carbons (Fsp3) is 0.0800. The largest absolute Gasteiger partial charge is 0.355 e. The van der Waals surface area contributed by atoms with Crippen LogP contribution in [0.3, 0.4) is 0 Å². The van der Waals surface area contributed by atoms with Crippen molar-refractivity contribution in [3.8, 4) is 17.4 Å². The second-order valence-electron chi connectivity index (χ2n) is 7.64. The zero-order chi connectivity index (χ0) is 23.1. The predicted molar refractivity (Wildman–Crippen MR) is 131 cm³/mol. The molecule has 0 radical (unpaired) electrons. The third-order valence-electron chi connectivity index (χ3n) is 5.61. The number of hydrogen-bond donors (Lipinski definition) is 2. The zero-order valence-electron chi connectivity index (χ0n) is 17.4. The van der Waals surface area contributed by atoms with E-state index in [1.54, 1.807) is 12.1 Å². The number of aromatic nitrogens is 1. The number of anilines is 1. The first-order valence-electron chi connectivity index (χ1n) is 10.1. The number of para-hydroxylation sites is 1. The van der Waals surface area contributed by atoms with Gasteiger partial charge in [0.15, 0.2) is 5.76 Å². The summed E-state index contributed by atoms with van der Waals surface area (Å²) in [6.45, 7) is 1.97. The predicted octanol–water partition coefficient (Wildman–Crippen LogP) is 5.76. The van der Waals surface area contributed by atoms with Gasteiger partial charge in [-0.3, -0.25) is 4.79 Å². The normalized spacial score (nSPS) is 16.1. The van der Waals surface area contributed by atoms with E-state index >= 15 is 0 Å². The summed E-state index contributed by atoms with van der Waals surface area (Å²) in [4.78, 5) is 14.6. The standard InChI is InChI=1S/C25H17ClN4O2S/c1-14-4-2-3-5-21(14)30-23(28-24(31)19(13-27)25(30)33)16-8-11-20-18(12-16)22(32-29-20)15-6-9-17(26)10-7-15/h2-12,23,33H,1H3,(H,28,31). The molecule has 162 valence electrons. The Morgan fingerprint density at radius 3 is 2.64 bits per heavy atom. The van der Waals surface area contributed by atoms with Crippen LogP contribution in [0.25, 0.3) is 22.2 Å². The van der Waals surface area contributed by atoms with Crippen LogP contribution in [0.1, 0.15) is 17.3 Å². The molecule has 6 nitrogen and oxygen atoms in total. The summed E-state index contributed by atoms with van der Waals surface area (Å²) >= 11 is 10.6. The van der Waals surface area contributed by atoms with Gasteiger partial charge in [-0.25, -0.2) is 0 Å². The lowest BCUT2D eigenvalue weighted by Gasteiger charge is -2.38. The van der Waals surface area contributed by atoms with E-state index in [-0.39, 0.29) is 5.57 Å². The van der Waals surface area contributed by atoms with Gasteiger partial charge in [0.25, 0.3) is 5.91 Å². The fourth-order valence-electron chi connectivity index (χ4n) is 3.96. The van der Waals surface area contributed by atoms with E-state index in [0.29, 0.717) is 21.3 Å². The number of nitrogens with zero attached hydrogens (tertiary/aromatic N) is 3. The molecule has 1 N–H and O–H groups in total. The maximum Gasteiger partial charge on any atom is 0.266 e. The van der Waals surface area contributed by atoms with Crippen molar-refractivity contribution in [1.82, 2.24) is 10.5 Å². The summed E-state index contributed by atoms with van der Waals surface area (Å²) in [6, 6.07) is 22.7. The van der Waals surface area contributed by atoms with Crippen LogP contribution in [0.15, 0.2) is 81.9 Å². The number of nitrogens with one attached hydrogen (secondary N) is 1. The van der Waals surface area contributed by atoms with E-state index in [1.807, 2.05) is 72.5 Å². The van der Waals surface area contributed by atoms with Gasteiger partial charge in [-0.2, -0.15) is 5.26 Å². The lowest BCUT2D eigenvalue weighted by atomic mass is 10.0. The van der Waals surface area contributed by atoms with Crippen molar-refractivity contribution < 1.29 is 9.32 Å². The lowest BCUT2D eigenvalue weighted by Crippen LogP contribution is -2.46. The van der Waals surface area contributed by atoms with Crippen molar-refractivity contribution in [2.24, 2.45) is 0 Å². The van der Waals surface area contributed by atoms with E-state index in [4.69, 9.17) is 16.1 Å². The van der Waals surface area contributed by atoms with Gasteiger partial charge >= 0.3 is 0 Å². The fourth-order valence-corrected chi connectivity index (χ4v) is 4.46. The van der Waals surface area contributed by atoms with Gasteiger partial charge in [-0.15, -0.1) is 12.6 Å². The smallest absolute Gasteiger partial charge is 0.266 e. The van der Waals surface area contributed by atoms with Crippen molar-refractivity contribution in [3.05, 3.63) is 93.5 Å². The Balaban J connectivity index is 1.67. The van der Waals surface area contributed by atoms with E-state index in [9.17, 15) is 10.1 Å². The molecular weight excluding hydrogens is 456 g/mol. The topological polar surface area (TPSA) is 82.2 Å². The number of halogens is 1. The van der Waals surface area contributed by atoms with Gasteiger partial charge < -0.3 is 14.7 Å². The lowest BCUT2D eigenvalue weighted by molar-refractivity contribution is -0.118. The molecular formula is C25H17ClN4O2S. The van der Waals surface area contributed by atoms with Crippen LogP contribution in [0.2, 0.25) is 5.02 Å². The van der Waals surface area contributed by atoms with Crippen LogP contribution in [0.5, 0.6) is 0 Å². The molecule has 1 unspecified atom stereocenters. The molecule has 1 atom stereocenters. The SMILES string of the molecule is Cc1ccccc1N1C(S)=C(C#N)C(=O)NC1c1ccc2noc(-c3ccc(Cl)cc3)c2c1. The van der Waals surface area contributed by atoms with Gasteiger partial charge in [0.05, 0.1) is 10.4 Å². The van der Waals surface area contributed by atoms with Crippen LogP contribution in [-0.2, 0) is 4.79 Å². The maximum atomic E-state index is 12.7. The van der Waals surface area contributed by atoms with E-state index in [0.717, 1.165) is 27.8 Å². The van der Waals surface area contributed by atoms with Crippen molar-refractivity contribution in [1.29, 1.82) is 5.26 Å². The molecule has 5 rings (SSSR count). The van der Waals surface area contributed by atoms with Gasteiger partial charge in [0, 0.05) is 16.3 Å². The van der Waals surface area contributed by atoms with Gasteiger partial charge in [-0.05, 0) is 60.5 Å². The van der Waals surface area contributed by atoms with Crippen LogP contribution >= 0.6 is 24.2 Å². The first-order chi connectivity index (χ1) is 16.0. The molecule has 0 saturated heterocycles. The average Bonchev–Trinajstić information content (AvgIpc) is 3.23. The van der Waals surface area contributed by atoms with E-state index in [2.05, 4.69) is 23.1 Å². The summed E-state index contributed by atoms with van der Waals surface area (Å²) in [6.07, 6.45) is -0.583. The molecule has 0 aliphatic carbocycles. The number of fused-ring (bicyclic) bond motifs is 1. The quantitative estimate of drug-likeness (QED) is 0.370. The van der Waals surface area contributed by atoms with Crippen molar-refractivity contribution in [2.45, 2.75) is 13.1 Å². The van der Waals surface area contributed by atoms with Gasteiger partial charge in [0.1, 0.15) is 23.3 Å². The Morgan fingerprint density at radius 1 is 1.15 bits per heavy atom. The number of benzene rings is 3. The molecule has 3 aromatic carbocycles. The van der Waals surface area contributed by atoms with Crippen LogP contribution < -0.4 is 10.2 Å². The Labute approximate surface area is 200 Å². The van der Waals surface area contributed by atoms with Crippen LogP contribution in [-0.4, -0.2) is 11.1 Å². The Bertz CT molecular complexity index is 1470. The number of aryl methyl sites for hydroxylation is 1. The number of rotatable bonds is 3. The van der Waals surface area contributed by atoms with Crippen molar-refractivity contribution >= 4 is 46.7 Å². The van der Waals surface area contributed by atoms with E-state index < -0.39 is 12.1 Å². The minimum atomic E-state index is -0.583. The molecule has 8 heteroatoms. The second-order valence-corrected chi connectivity index (χ2v) is 8.50. The number of hydrogen-bond acceptors (Lipinski definition) is 6. The number of carbonyl (C=O) groups is 1. The Hall–Kier alpha value is -3.73. The molecule has 1 aliphatic rings.